The normalized spacial score (nSPS) is 10.2. The van der Waals surface area contributed by atoms with Crippen molar-refractivity contribution in [2.75, 3.05) is 22.1 Å². The summed E-state index contributed by atoms with van der Waals surface area (Å²) in [6, 6.07) is 0. The lowest BCUT2D eigenvalue weighted by Crippen LogP contribution is -2.07. The molecule has 6 heteroatoms. The average Bonchev–Trinajstić information content (AvgIpc) is 2.41. The van der Waals surface area contributed by atoms with E-state index < -0.39 is 0 Å². The molecule has 19 heavy (non-hydrogen) atoms. The molecule has 0 aliphatic heterocycles. The third-order valence-electron chi connectivity index (χ3n) is 2.34. The summed E-state index contributed by atoms with van der Waals surface area (Å²) in [6.45, 7) is 0.950. The van der Waals surface area contributed by atoms with Gasteiger partial charge in [0.2, 0.25) is 0 Å². The van der Waals surface area contributed by atoms with E-state index in [1.54, 1.807) is 0 Å². The summed E-state index contributed by atoms with van der Waals surface area (Å²) in [5, 5.41) is 0. The number of hydrogen-bond donors (Lipinski definition) is 0. The third-order valence-corrected chi connectivity index (χ3v) is 3.87. The van der Waals surface area contributed by atoms with Gasteiger partial charge >= 0.3 is 11.9 Å². The molecule has 112 valence electrons. The van der Waals surface area contributed by atoms with Crippen LogP contribution < -0.4 is 0 Å². The van der Waals surface area contributed by atoms with Crippen LogP contribution in [0.5, 0.6) is 0 Å². The molecule has 4 nitrogen and oxygen atoms in total. The van der Waals surface area contributed by atoms with E-state index in [9.17, 15) is 9.59 Å². The molecule has 0 spiro atoms. The second kappa shape index (κ2) is 14.8. The number of hydrogen-bond acceptors (Lipinski definition) is 4. The summed E-state index contributed by atoms with van der Waals surface area (Å²) < 4.78 is 12.1. The van der Waals surface area contributed by atoms with E-state index in [4.69, 9.17) is 9.47 Å². The number of esters is 2. The Kier molecular flexibility index (Phi) is 15.1. The number of alkyl halides is 2. The molecule has 0 aliphatic carbocycles. The smallest absolute Gasteiger partial charge is 0.305 e. The van der Waals surface area contributed by atoms with Crippen molar-refractivity contribution < 1.29 is 19.1 Å². The summed E-state index contributed by atoms with van der Waals surface area (Å²) in [4.78, 5) is 22.4. The molecule has 0 radical (unpaired) electrons. The van der Waals surface area contributed by atoms with Crippen molar-refractivity contribution in [1.82, 2.24) is 0 Å². The van der Waals surface area contributed by atoms with Gasteiger partial charge in [-0.15, -0.1) is 0 Å². The highest BCUT2D eigenvalue weighted by Crippen LogP contribution is 2.02. The SMILES string of the molecule is O=C(CCCI)OCCCCCOC(=O)CCCI. The quantitative estimate of drug-likeness (QED) is 0.179. The van der Waals surface area contributed by atoms with Crippen molar-refractivity contribution >= 4 is 57.1 Å². The van der Waals surface area contributed by atoms with Crippen molar-refractivity contribution in [1.29, 1.82) is 0 Å². The molecule has 0 aromatic carbocycles. The second-order valence-corrected chi connectivity index (χ2v) is 6.24. The first-order chi connectivity index (χ1) is 9.20. The predicted octanol–water partition coefficient (Wildman–Crippen LogP) is 3.67. The molecule has 0 aromatic rings. The minimum absolute atomic E-state index is 0.109. The summed E-state index contributed by atoms with van der Waals surface area (Å²) in [5.41, 5.74) is 0. The van der Waals surface area contributed by atoms with Crippen LogP contribution in [-0.4, -0.2) is 34.0 Å². The highest BCUT2D eigenvalue weighted by Gasteiger charge is 2.03. The number of unbranched alkanes of at least 4 members (excludes halogenated alkanes) is 2. The van der Waals surface area contributed by atoms with Crippen LogP contribution in [0.2, 0.25) is 0 Å². The van der Waals surface area contributed by atoms with Gasteiger partial charge in [0.15, 0.2) is 0 Å². The van der Waals surface area contributed by atoms with Gasteiger partial charge < -0.3 is 9.47 Å². The number of carbonyl (C=O) groups is 2. The molecule has 0 fully saturated rings. The van der Waals surface area contributed by atoms with E-state index >= 15 is 0 Å². The fourth-order valence-electron chi connectivity index (χ4n) is 1.32. The van der Waals surface area contributed by atoms with E-state index in [1.807, 2.05) is 0 Å². The third kappa shape index (κ3) is 14.6. The van der Waals surface area contributed by atoms with Gasteiger partial charge in [0, 0.05) is 21.7 Å². The molecule has 0 aromatic heterocycles. The van der Waals surface area contributed by atoms with Crippen molar-refractivity contribution in [2.24, 2.45) is 0 Å². The van der Waals surface area contributed by atoms with Crippen LogP contribution in [-0.2, 0) is 19.1 Å². The van der Waals surface area contributed by atoms with E-state index in [1.165, 1.54) is 0 Å². The lowest BCUT2D eigenvalue weighted by Gasteiger charge is -2.05. The van der Waals surface area contributed by atoms with Gasteiger partial charge in [0.1, 0.15) is 0 Å². The van der Waals surface area contributed by atoms with Crippen LogP contribution >= 0.6 is 45.2 Å². The van der Waals surface area contributed by atoms with Gasteiger partial charge in [0.05, 0.1) is 13.2 Å². The summed E-state index contributed by atoms with van der Waals surface area (Å²) in [5.74, 6) is -0.219. The van der Waals surface area contributed by atoms with Crippen molar-refractivity contribution in [3.05, 3.63) is 0 Å². The van der Waals surface area contributed by atoms with Crippen LogP contribution in [0.15, 0.2) is 0 Å². The van der Waals surface area contributed by atoms with Gasteiger partial charge in [-0.2, -0.15) is 0 Å². The predicted molar refractivity (Wildman–Crippen MR) is 92.0 cm³/mol. The zero-order valence-electron chi connectivity index (χ0n) is 11.2. The Bertz CT molecular complexity index is 223. The molecule has 0 rings (SSSR count). The number of carbonyl (C=O) groups excluding carboxylic acids is 2. The molecule has 0 heterocycles. The van der Waals surface area contributed by atoms with E-state index in [2.05, 4.69) is 45.2 Å². The van der Waals surface area contributed by atoms with Crippen LogP contribution in [0.25, 0.3) is 0 Å². The Balaban J connectivity index is 3.22. The molecule has 0 unspecified atom stereocenters. The largest absolute Gasteiger partial charge is 0.466 e. The maximum Gasteiger partial charge on any atom is 0.305 e. The van der Waals surface area contributed by atoms with Crippen LogP contribution in [0, 0.1) is 0 Å². The Morgan fingerprint density at radius 2 is 1.11 bits per heavy atom. The Morgan fingerprint density at radius 1 is 0.684 bits per heavy atom. The summed E-state index contributed by atoms with van der Waals surface area (Å²) >= 11 is 4.49. The minimum Gasteiger partial charge on any atom is -0.466 e. The van der Waals surface area contributed by atoms with Gasteiger partial charge in [-0.1, -0.05) is 45.2 Å². The van der Waals surface area contributed by atoms with Crippen LogP contribution in [0.3, 0.4) is 0 Å². The molecule has 0 atom stereocenters. The average molecular weight is 496 g/mol. The van der Waals surface area contributed by atoms with E-state index in [0.717, 1.165) is 41.0 Å². The van der Waals surface area contributed by atoms with E-state index in [0.29, 0.717) is 26.1 Å². The fraction of sp³-hybridized carbons (Fsp3) is 0.846. The molecular formula is C13H22I2O4. The molecular weight excluding hydrogens is 474 g/mol. The zero-order valence-corrected chi connectivity index (χ0v) is 15.5. The lowest BCUT2D eigenvalue weighted by atomic mass is 10.2. The number of ether oxygens (including phenoxy) is 2. The van der Waals surface area contributed by atoms with Crippen molar-refractivity contribution in [3.63, 3.8) is 0 Å². The zero-order chi connectivity index (χ0) is 14.3. The first kappa shape index (κ1) is 19.4. The van der Waals surface area contributed by atoms with Crippen LogP contribution in [0.1, 0.15) is 44.9 Å². The fourth-order valence-corrected chi connectivity index (χ4v) is 2.08. The Morgan fingerprint density at radius 3 is 1.47 bits per heavy atom. The minimum atomic E-state index is -0.109. The number of rotatable bonds is 12. The lowest BCUT2D eigenvalue weighted by molar-refractivity contribution is -0.144. The number of halogens is 2. The van der Waals surface area contributed by atoms with Crippen LogP contribution in [0.4, 0.5) is 0 Å². The highest BCUT2D eigenvalue weighted by atomic mass is 127. The van der Waals surface area contributed by atoms with E-state index in [-0.39, 0.29) is 11.9 Å². The first-order valence-corrected chi connectivity index (χ1v) is 9.69. The summed E-state index contributed by atoms with van der Waals surface area (Å²) in [7, 11) is 0. The maximum atomic E-state index is 11.2. The van der Waals surface area contributed by atoms with Gasteiger partial charge in [-0.05, 0) is 32.1 Å². The van der Waals surface area contributed by atoms with Crippen molar-refractivity contribution in [2.45, 2.75) is 44.9 Å². The second-order valence-electron chi connectivity index (χ2n) is 4.09. The molecule has 0 saturated heterocycles. The molecule has 0 aliphatic rings. The Hall–Kier alpha value is 0.400. The van der Waals surface area contributed by atoms with Gasteiger partial charge in [-0.25, -0.2) is 0 Å². The topological polar surface area (TPSA) is 52.6 Å². The Labute approximate surface area is 142 Å². The summed E-state index contributed by atoms with van der Waals surface area (Å²) in [6.07, 6.45) is 5.37. The monoisotopic (exact) mass is 496 g/mol. The highest BCUT2D eigenvalue weighted by molar-refractivity contribution is 14.1. The molecule has 0 amide bonds. The molecule has 0 bridgehead atoms. The van der Waals surface area contributed by atoms with Crippen molar-refractivity contribution in [3.8, 4) is 0 Å². The van der Waals surface area contributed by atoms with Gasteiger partial charge in [0.25, 0.3) is 0 Å². The van der Waals surface area contributed by atoms with Gasteiger partial charge in [-0.3, -0.25) is 9.59 Å². The molecule has 0 saturated carbocycles. The standard InChI is InChI=1S/C13H22I2O4/c14-8-4-6-12(16)18-10-2-1-3-11-19-13(17)7-5-9-15/h1-11H2. The molecule has 0 N–H and O–H groups in total. The first-order valence-electron chi connectivity index (χ1n) is 6.64. The maximum absolute atomic E-state index is 11.2.